The largest absolute Gasteiger partial charge is 0.418 e. The van der Waals surface area contributed by atoms with Crippen LogP contribution in [0.2, 0.25) is 0 Å². The van der Waals surface area contributed by atoms with E-state index in [0.29, 0.717) is 29.4 Å². The third-order valence-electron chi connectivity index (χ3n) is 4.76. The van der Waals surface area contributed by atoms with Gasteiger partial charge in [0, 0.05) is 12.2 Å². The van der Waals surface area contributed by atoms with Crippen LogP contribution in [0, 0.1) is 11.5 Å². The van der Waals surface area contributed by atoms with E-state index in [1.54, 1.807) is 29.2 Å². The predicted molar refractivity (Wildman–Crippen MR) is 98.8 cm³/mol. The van der Waals surface area contributed by atoms with Crippen LogP contribution in [0.3, 0.4) is 0 Å². The van der Waals surface area contributed by atoms with Crippen LogP contribution in [0.15, 0.2) is 52.9 Å². The molecule has 2 heterocycles. The fourth-order valence-corrected chi connectivity index (χ4v) is 3.30. The first-order valence-corrected chi connectivity index (χ1v) is 8.99. The van der Waals surface area contributed by atoms with Gasteiger partial charge in [-0.2, -0.15) is 18.4 Å². The van der Waals surface area contributed by atoms with E-state index in [1.165, 1.54) is 12.1 Å². The Morgan fingerprint density at radius 1 is 1.10 bits per heavy atom. The van der Waals surface area contributed by atoms with Gasteiger partial charge in [0.15, 0.2) is 6.19 Å². The Kier molecular flexibility index (Phi) is 4.84. The molecule has 29 heavy (non-hydrogen) atoms. The second kappa shape index (κ2) is 7.47. The topological polar surface area (TPSA) is 78.0 Å². The zero-order chi connectivity index (χ0) is 20.4. The Morgan fingerprint density at radius 2 is 1.86 bits per heavy atom. The lowest BCUT2D eigenvalue weighted by Crippen LogP contribution is -2.17. The summed E-state index contributed by atoms with van der Waals surface area (Å²) < 4.78 is 44.1. The van der Waals surface area contributed by atoms with Crippen molar-refractivity contribution >= 4 is 11.4 Å². The van der Waals surface area contributed by atoms with Gasteiger partial charge < -0.3 is 9.73 Å². The Bertz CT molecular complexity index is 1040. The Morgan fingerprint density at radius 3 is 2.59 bits per heavy atom. The molecule has 0 amide bonds. The standard InChI is InChI=1S/C20H16F3N5O/c21-20(22,23)13-7-9-14(10-8-13)25-16-5-2-1-4-15(16)18-26-27-19(29-18)17-6-3-11-28(17)12-24/h1-2,4-5,7-10,17,25H,3,6,11H2. The summed E-state index contributed by atoms with van der Waals surface area (Å²) in [5.74, 6) is 0.656. The molecule has 1 aromatic heterocycles. The van der Waals surface area contributed by atoms with E-state index in [4.69, 9.17) is 4.42 Å². The SMILES string of the molecule is N#CN1CCCC1c1nnc(-c2ccccc2Nc2ccc(C(F)(F)F)cc2)o1. The van der Waals surface area contributed by atoms with Crippen molar-refractivity contribution < 1.29 is 17.6 Å². The number of anilines is 2. The van der Waals surface area contributed by atoms with Crippen molar-refractivity contribution in [1.82, 2.24) is 15.1 Å². The number of aromatic nitrogens is 2. The Balaban J connectivity index is 1.59. The summed E-state index contributed by atoms with van der Waals surface area (Å²) in [6.45, 7) is 0.658. The maximum absolute atomic E-state index is 12.7. The molecule has 1 N–H and O–H groups in total. The molecule has 6 nitrogen and oxygen atoms in total. The maximum atomic E-state index is 12.7. The molecule has 1 saturated heterocycles. The zero-order valence-corrected chi connectivity index (χ0v) is 15.1. The first kappa shape index (κ1) is 18.8. The van der Waals surface area contributed by atoms with Gasteiger partial charge in [0.05, 0.1) is 16.8 Å². The molecule has 1 unspecified atom stereocenters. The van der Waals surface area contributed by atoms with Crippen LogP contribution in [-0.2, 0) is 6.18 Å². The van der Waals surface area contributed by atoms with Crippen LogP contribution in [-0.4, -0.2) is 21.6 Å². The summed E-state index contributed by atoms with van der Waals surface area (Å²) in [4.78, 5) is 1.61. The summed E-state index contributed by atoms with van der Waals surface area (Å²) in [6, 6.07) is 11.7. The van der Waals surface area contributed by atoms with E-state index in [0.717, 1.165) is 25.0 Å². The summed E-state index contributed by atoms with van der Waals surface area (Å²) >= 11 is 0. The highest BCUT2D eigenvalue weighted by Gasteiger charge is 2.31. The highest BCUT2D eigenvalue weighted by molar-refractivity contribution is 5.76. The molecule has 1 aliphatic rings. The Hall–Kier alpha value is -3.54. The monoisotopic (exact) mass is 399 g/mol. The third kappa shape index (κ3) is 3.87. The Labute approximate surface area is 164 Å². The van der Waals surface area contributed by atoms with Gasteiger partial charge in [0.2, 0.25) is 11.8 Å². The molecule has 0 radical (unpaired) electrons. The molecule has 1 aliphatic heterocycles. The number of halogens is 3. The maximum Gasteiger partial charge on any atom is 0.416 e. The molecule has 0 bridgehead atoms. The van der Waals surface area contributed by atoms with Gasteiger partial charge in [-0.25, -0.2) is 0 Å². The second-order valence-electron chi connectivity index (χ2n) is 6.64. The normalized spacial score (nSPS) is 16.6. The fourth-order valence-electron chi connectivity index (χ4n) is 3.30. The van der Waals surface area contributed by atoms with Crippen molar-refractivity contribution in [3.63, 3.8) is 0 Å². The lowest BCUT2D eigenvalue weighted by molar-refractivity contribution is -0.137. The van der Waals surface area contributed by atoms with Gasteiger partial charge in [-0.15, -0.1) is 10.2 Å². The van der Waals surface area contributed by atoms with Crippen LogP contribution in [0.1, 0.15) is 30.3 Å². The smallest absolute Gasteiger partial charge is 0.416 e. The molecular formula is C20H16F3N5O. The molecule has 1 atom stereocenters. The van der Waals surface area contributed by atoms with E-state index in [-0.39, 0.29) is 11.9 Å². The van der Waals surface area contributed by atoms with Crippen LogP contribution in [0.5, 0.6) is 0 Å². The number of rotatable bonds is 4. The number of nitrogens with zero attached hydrogens (tertiary/aromatic N) is 4. The van der Waals surface area contributed by atoms with Gasteiger partial charge in [-0.3, -0.25) is 4.90 Å². The molecule has 4 rings (SSSR count). The quantitative estimate of drug-likeness (QED) is 0.614. The lowest BCUT2D eigenvalue weighted by atomic mass is 10.1. The van der Waals surface area contributed by atoms with Crippen molar-refractivity contribution in [3.8, 4) is 17.6 Å². The van der Waals surface area contributed by atoms with Crippen LogP contribution in [0.25, 0.3) is 11.5 Å². The first-order valence-electron chi connectivity index (χ1n) is 8.99. The van der Waals surface area contributed by atoms with Gasteiger partial charge in [-0.05, 0) is 49.2 Å². The summed E-state index contributed by atoms with van der Waals surface area (Å²) in [6.07, 6.45) is -0.606. The summed E-state index contributed by atoms with van der Waals surface area (Å²) in [7, 11) is 0. The van der Waals surface area contributed by atoms with E-state index in [1.807, 2.05) is 0 Å². The molecule has 9 heteroatoms. The first-order chi connectivity index (χ1) is 14.0. The molecule has 1 fully saturated rings. The number of nitrogens with one attached hydrogen (secondary N) is 1. The molecule has 2 aromatic carbocycles. The van der Waals surface area contributed by atoms with Gasteiger partial charge >= 0.3 is 6.18 Å². The average molecular weight is 399 g/mol. The molecular weight excluding hydrogens is 383 g/mol. The van der Waals surface area contributed by atoms with Crippen LogP contribution < -0.4 is 5.32 Å². The number of hydrogen-bond acceptors (Lipinski definition) is 6. The molecule has 0 aliphatic carbocycles. The van der Waals surface area contributed by atoms with E-state index in [9.17, 15) is 18.4 Å². The molecule has 148 valence electrons. The van der Waals surface area contributed by atoms with Gasteiger partial charge in [0.25, 0.3) is 0 Å². The lowest BCUT2D eigenvalue weighted by Gasteiger charge is -2.13. The van der Waals surface area contributed by atoms with E-state index >= 15 is 0 Å². The minimum Gasteiger partial charge on any atom is -0.418 e. The van der Waals surface area contributed by atoms with E-state index < -0.39 is 11.7 Å². The van der Waals surface area contributed by atoms with Crippen LogP contribution >= 0.6 is 0 Å². The minimum atomic E-state index is -4.38. The number of nitriles is 1. The number of hydrogen-bond donors (Lipinski definition) is 1. The highest BCUT2D eigenvalue weighted by Crippen LogP contribution is 2.35. The van der Waals surface area contributed by atoms with Gasteiger partial charge in [-0.1, -0.05) is 12.1 Å². The average Bonchev–Trinajstić information content (AvgIpc) is 3.37. The van der Waals surface area contributed by atoms with Gasteiger partial charge in [0.1, 0.15) is 6.04 Å². The minimum absolute atomic E-state index is 0.226. The third-order valence-corrected chi connectivity index (χ3v) is 4.76. The number of para-hydroxylation sites is 1. The number of likely N-dealkylation sites (tertiary alicyclic amines) is 1. The molecule has 0 saturated carbocycles. The molecule has 3 aromatic rings. The summed E-state index contributed by atoms with van der Waals surface area (Å²) in [5, 5.41) is 20.5. The van der Waals surface area contributed by atoms with Crippen LogP contribution in [0.4, 0.5) is 24.5 Å². The number of benzene rings is 2. The summed E-state index contributed by atoms with van der Waals surface area (Å²) in [5.41, 5.74) is 1.02. The van der Waals surface area contributed by atoms with Crippen molar-refractivity contribution in [2.24, 2.45) is 0 Å². The van der Waals surface area contributed by atoms with E-state index in [2.05, 4.69) is 21.7 Å². The molecule has 0 spiro atoms. The van der Waals surface area contributed by atoms with Crippen molar-refractivity contribution in [2.45, 2.75) is 25.1 Å². The highest BCUT2D eigenvalue weighted by atomic mass is 19.4. The number of alkyl halides is 3. The fraction of sp³-hybridized carbons (Fsp3) is 0.250. The van der Waals surface area contributed by atoms with Crippen molar-refractivity contribution in [1.29, 1.82) is 5.26 Å². The zero-order valence-electron chi connectivity index (χ0n) is 15.1. The predicted octanol–water partition coefficient (Wildman–Crippen LogP) is 5.12. The van der Waals surface area contributed by atoms with Crippen molar-refractivity contribution in [3.05, 3.63) is 60.0 Å². The second-order valence-corrected chi connectivity index (χ2v) is 6.64. The van der Waals surface area contributed by atoms with Crippen molar-refractivity contribution in [2.75, 3.05) is 11.9 Å².